The third kappa shape index (κ3) is 4.39. The molecule has 148 valence electrons. The van der Waals surface area contributed by atoms with Crippen molar-refractivity contribution in [2.75, 3.05) is 12.4 Å². The predicted octanol–water partition coefficient (Wildman–Crippen LogP) is 4.57. The van der Waals surface area contributed by atoms with Crippen LogP contribution in [0.5, 0.6) is 11.5 Å². The van der Waals surface area contributed by atoms with Crippen LogP contribution in [-0.4, -0.2) is 17.8 Å². The summed E-state index contributed by atoms with van der Waals surface area (Å²) in [5.41, 5.74) is 11.1. The van der Waals surface area contributed by atoms with Gasteiger partial charge in [0, 0.05) is 11.3 Å². The smallest absolute Gasteiger partial charge is 0.189 e. The van der Waals surface area contributed by atoms with E-state index in [0.717, 1.165) is 40.4 Å². The first-order chi connectivity index (χ1) is 13.3. The molecule has 0 radical (unpaired) electrons. The zero-order valence-electron chi connectivity index (χ0n) is 17.0. The van der Waals surface area contributed by atoms with E-state index in [1.165, 1.54) is 5.56 Å². The summed E-state index contributed by atoms with van der Waals surface area (Å²) in [6.07, 6.45) is 2.96. The van der Waals surface area contributed by atoms with Crippen LogP contribution in [0.15, 0.2) is 42.5 Å². The van der Waals surface area contributed by atoms with Crippen molar-refractivity contribution in [1.82, 2.24) is 10.9 Å². The third-order valence-electron chi connectivity index (χ3n) is 4.63. The van der Waals surface area contributed by atoms with E-state index in [4.69, 9.17) is 21.7 Å². The minimum absolute atomic E-state index is 0.438. The molecule has 0 unspecified atom stereocenters. The fraction of sp³-hybridized carbons (Fsp3) is 0.318. The van der Waals surface area contributed by atoms with Crippen LogP contribution in [-0.2, 0) is 6.42 Å². The second-order valence-corrected chi connectivity index (χ2v) is 7.70. The van der Waals surface area contributed by atoms with E-state index in [2.05, 4.69) is 48.2 Å². The summed E-state index contributed by atoms with van der Waals surface area (Å²) in [6.45, 7) is 8.23. The van der Waals surface area contributed by atoms with Crippen LogP contribution in [0.4, 0.5) is 5.69 Å². The SMILES string of the molecule is CCc1cccc(C)c1NC(=S)NNC1=CC(C)(C)Oc2ccc(OC)cc21. The van der Waals surface area contributed by atoms with E-state index < -0.39 is 5.60 Å². The number of para-hydroxylation sites is 1. The number of nitrogens with one attached hydrogen (secondary N) is 3. The fourth-order valence-corrected chi connectivity index (χ4v) is 3.40. The lowest BCUT2D eigenvalue weighted by molar-refractivity contribution is 0.157. The van der Waals surface area contributed by atoms with Gasteiger partial charge in [0.2, 0.25) is 0 Å². The number of rotatable bonds is 5. The largest absolute Gasteiger partial charge is 0.497 e. The molecule has 1 heterocycles. The normalized spacial score (nSPS) is 14.2. The van der Waals surface area contributed by atoms with Crippen molar-refractivity contribution in [2.45, 2.75) is 39.7 Å². The average Bonchev–Trinajstić information content (AvgIpc) is 2.66. The monoisotopic (exact) mass is 397 g/mol. The van der Waals surface area contributed by atoms with Gasteiger partial charge in [0.15, 0.2) is 5.11 Å². The number of hydrazine groups is 1. The molecule has 3 rings (SSSR count). The maximum atomic E-state index is 6.05. The van der Waals surface area contributed by atoms with Crippen LogP contribution in [0.3, 0.4) is 0 Å². The maximum absolute atomic E-state index is 6.05. The van der Waals surface area contributed by atoms with Crippen LogP contribution >= 0.6 is 12.2 Å². The fourth-order valence-electron chi connectivity index (χ4n) is 3.25. The van der Waals surface area contributed by atoms with Crippen LogP contribution in [0.2, 0.25) is 0 Å². The van der Waals surface area contributed by atoms with Gasteiger partial charge in [-0.05, 0) is 74.8 Å². The molecule has 28 heavy (non-hydrogen) atoms. The molecule has 2 aromatic rings. The molecule has 0 spiro atoms. The Hall–Kier alpha value is -2.73. The van der Waals surface area contributed by atoms with E-state index in [9.17, 15) is 0 Å². The first-order valence-corrected chi connectivity index (χ1v) is 9.75. The van der Waals surface area contributed by atoms with Crippen molar-refractivity contribution in [3.63, 3.8) is 0 Å². The van der Waals surface area contributed by atoms with Crippen LogP contribution < -0.4 is 25.6 Å². The molecule has 1 aliphatic heterocycles. The standard InChI is InChI=1S/C22H27N3O2S/c1-6-15-9-7-8-14(2)20(15)23-21(28)25-24-18-13-22(3,4)27-19-11-10-16(26-5)12-17(18)19/h7-13,24H,6H2,1-5H3,(H2,23,25,28). The summed E-state index contributed by atoms with van der Waals surface area (Å²) in [7, 11) is 1.65. The zero-order valence-corrected chi connectivity index (χ0v) is 17.8. The Labute approximate surface area is 172 Å². The third-order valence-corrected chi connectivity index (χ3v) is 4.84. The number of anilines is 1. The topological polar surface area (TPSA) is 54.5 Å². The van der Waals surface area contributed by atoms with Gasteiger partial charge in [0.05, 0.1) is 12.8 Å². The summed E-state index contributed by atoms with van der Waals surface area (Å²) in [6, 6.07) is 12.0. The van der Waals surface area contributed by atoms with E-state index in [1.54, 1.807) is 7.11 Å². The first kappa shape index (κ1) is 20.0. The Morgan fingerprint density at radius 1 is 1.21 bits per heavy atom. The quantitative estimate of drug-likeness (QED) is 0.508. The molecule has 6 heteroatoms. The Balaban J connectivity index is 1.77. The Kier molecular flexibility index (Phi) is 5.79. The molecule has 0 amide bonds. The van der Waals surface area contributed by atoms with Crippen molar-refractivity contribution in [1.29, 1.82) is 0 Å². The lowest BCUT2D eigenvalue weighted by Gasteiger charge is -2.31. The molecule has 1 aliphatic rings. The average molecular weight is 398 g/mol. The van der Waals surface area contributed by atoms with Gasteiger partial charge in [0.25, 0.3) is 0 Å². The zero-order chi connectivity index (χ0) is 20.3. The number of hydrogen-bond acceptors (Lipinski definition) is 4. The lowest BCUT2D eigenvalue weighted by atomic mass is 9.99. The Morgan fingerprint density at radius 2 is 2.00 bits per heavy atom. The van der Waals surface area contributed by atoms with Gasteiger partial charge >= 0.3 is 0 Å². The summed E-state index contributed by atoms with van der Waals surface area (Å²) in [4.78, 5) is 0. The summed E-state index contributed by atoms with van der Waals surface area (Å²) < 4.78 is 11.4. The van der Waals surface area contributed by atoms with Gasteiger partial charge in [-0.25, -0.2) is 0 Å². The number of fused-ring (bicyclic) bond motifs is 1. The minimum Gasteiger partial charge on any atom is -0.497 e. The number of methoxy groups -OCH3 is 1. The summed E-state index contributed by atoms with van der Waals surface area (Å²) >= 11 is 5.51. The van der Waals surface area contributed by atoms with Gasteiger partial charge in [-0.15, -0.1) is 0 Å². The molecule has 0 fully saturated rings. The van der Waals surface area contributed by atoms with E-state index in [1.807, 2.05) is 38.1 Å². The Morgan fingerprint density at radius 3 is 2.71 bits per heavy atom. The highest BCUT2D eigenvalue weighted by Gasteiger charge is 2.27. The molecule has 0 aromatic heterocycles. The van der Waals surface area contributed by atoms with Gasteiger partial charge in [0.1, 0.15) is 17.1 Å². The second kappa shape index (κ2) is 8.10. The highest BCUT2D eigenvalue weighted by atomic mass is 32.1. The number of ether oxygens (including phenoxy) is 2. The number of benzene rings is 2. The van der Waals surface area contributed by atoms with Crippen LogP contribution in [0, 0.1) is 6.92 Å². The van der Waals surface area contributed by atoms with Crippen molar-refractivity contribution >= 4 is 28.7 Å². The highest BCUT2D eigenvalue weighted by Crippen LogP contribution is 2.36. The van der Waals surface area contributed by atoms with Gasteiger partial charge in [-0.2, -0.15) is 0 Å². The summed E-state index contributed by atoms with van der Waals surface area (Å²) in [5, 5.41) is 3.81. The molecule has 0 bridgehead atoms. The maximum Gasteiger partial charge on any atom is 0.189 e. The molecule has 0 saturated heterocycles. The van der Waals surface area contributed by atoms with Crippen LogP contribution in [0.25, 0.3) is 5.70 Å². The molecule has 0 saturated carbocycles. The summed E-state index contributed by atoms with van der Waals surface area (Å²) in [5.74, 6) is 1.56. The molecule has 5 nitrogen and oxygen atoms in total. The first-order valence-electron chi connectivity index (χ1n) is 9.34. The highest BCUT2D eigenvalue weighted by molar-refractivity contribution is 7.80. The van der Waals surface area contributed by atoms with Crippen molar-refractivity contribution in [3.8, 4) is 11.5 Å². The van der Waals surface area contributed by atoms with Crippen molar-refractivity contribution in [2.24, 2.45) is 0 Å². The Bertz CT molecular complexity index is 922. The molecule has 2 aromatic carbocycles. The predicted molar refractivity (Wildman–Crippen MR) is 119 cm³/mol. The van der Waals surface area contributed by atoms with Gasteiger partial charge in [-0.1, -0.05) is 25.1 Å². The number of hydrogen-bond donors (Lipinski definition) is 3. The number of aryl methyl sites for hydroxylation is 2. The van der Waals surface area contributed by atoms with E-state index in [0.29, 0.717) is 5.11 Å². The van der Waals surface area contributed by atoms with Crippen molar-refractivity contribution in [3.05, 3.63) is 59.2 Å². The second-order valence-electron chi connectivity index (χ2n) is 7.29. The van der Waals surface area contributed by atoms with E-state index >= 15 is 0 Å². The molecular weight excluding hydrogens is 370 g/mol. The minimum atomic E-state index is -0.438. The molecule has 0 atom stereocenters. The number of thiocarbonyl (C=S) groups is 1. The van der Waals surface area contributed by atoms with Gasteiger partial charge in [-0.3, -0.25) is 10.9 Å². The van der Waals surface area contributed by atoms with Gasteiger partial charge < -0.3 is 14.8 Å². The van der Waals surface area contributed by atoms with Crippen LogP contribution in [0.1, 0.15) is 37.5 Å². The van der Waals surface area contributed by atoms with E-state index in [-0.39, 0.29) is 0 Å². The molecule has 3 N–H and O–H groups in total. The molecular formula is C22H27N3O2S. The van der Waals surface area contributed by atoms with Crippen molar-refractivity contribution < 1.29 is 9.47 Å². The lowest BCUT2D eigenvalue weighted by Crippen LogP contribution is -2.41. The molecule has 0 aliphatic carbocycles.